The number of rotatable bonds is 3. The molecular weight excluding hydrogens is 102 g/mol. The van der Waals surface area contributed by atoms with Gasteiger partial charge in [0, 0.05) is 0 Å². The smallest absolute Gasteiger partial charge is 0.113 e. The third-order valence-electron chi connectivity index (χ3n) is 1.81. The van der Waals surface area contributed by atoms with Gasteiger partial charge in [-0.3, -0.25) is 0 Å². The molecule has 0 aliphatic rings. The lowest BCUT2D eigenvalue weighted by Crippen LogP contribution is -2.73. The van der Waals surface area contributed by atoms with Crippen LogP contribution in [0.25, 0.3) is 0 Å². The van der Waals surface area contributed by atoms with Crippen molar-refractivity contribution in [3.8, 4) is 0 Å². The predicted octanol–water partition coefficient (Wildman–Crippen LogP) is -3.28. The van der Waals surface area contributed by atoms with Crippen molar-refractivity contribution in [2.75, 3.05) is 19.6 Å². The Kier molecular flexibility index (Phi) is 2.97. The maximum Gasteiger partial charge on any atom is 0.113 e. The van der Waals surface area contributed by atoms with Crippen molar-refractivity contribution in [2.24, 2.45) is 5.41 Å². The molecule has 0 spiro atoms. The molecule has 0 aliphatic heterocycles. The van der Waals surface area contributed by atoms with E-state index in [4.69, 9.17) is 0 Å². The first-order chi connectivity index (χ1) is 3.68. The minimum absolute atomic E-state index is 0.292. The third-order valence-corrected chi connectivity index (χ3v) is 1.81. The second-order valence-electron chi connectivity index (χ2n) is 2.56. The fourth-order valence-corrected chi connectivity index (χ4v) is 0.375. The maximum absolute atomic E-state index is 3.82. The largest absolute Gasteiger partial charge is 0.357 e. The van der Waals surface area contributed by atoms with Crippen LogP contribution in [0, 0.1) is 5.41 Å². The molecule has 0 rings (SSSR count). The van der Waals surface area contributed by atoms with Crippen molar-refractivity contribution in [2.45, 2.75) is 6.92 Å². The molecule has 0 saturated carbocycles. The summed E-state index contributed by atoms with van der Waals surface area (Å²) in [6, 6.07) is 0. The zero-order valence-electron chi connectivity index (χ0n) is 5.74. The number of hydrogen-bond donors (Lipinski definition) is 3. The highest BCUT2D eigenvalue weighted by molar-refractivity contribution is 4.67. The average molecular weight is 120 g/mol. The Labute approximate surface area is 50.2 Å². The van der Waals surface area contributed by atoms with Crippen LogP contribution in [0.4, 0.5) is 0 Å². The van der Waals surface area contributed by atoms with Crippen LogP contribution in [0.1, 0.15) is 6.92 Å². The van der Waals surface area contributed by atoms with Gasteiger partial charge in [-0.25, -0.2) is 0 Å². The van der Waals surface area contributed by atoms with Gasteiger partial charge in [0.2, 0.25) is 0 Å². The Hall–Kier alpha value is -0.120. The summed E-state index contributed by atoms with van der Waals surface area (Å²) in [6.07, 6.45) is 0. The van der Waals surface area contributed by atoms with Gasteiger partial charge in [-0.1, -0.05) is 0 Å². The summed E-state index contributed by atoms with van der Waals surface area (Å²) in [5.74, 6) is 0. The summed E-state index contributed by atoms with van der Waals surface area (Å²) in [5, 5.41) is 0. The van der Waals surface area contributed by atoms with Crippen LogP contribution in [-0.2, 0) is 0 Å². The lowest BCUT2D eigenvalue weighted by atomic mass is 9.92. The molecule has 50 valence electrons. The van der Waals surface area contributed by atoms with Crippen LogP contribution in [0.5, 0.6) is 0 Å². The summed E-state index contributed by atoms with van der Waals surface area (Å²) >= 11 is 0. The highest BCUT2D eigenvalue weighted by atomic mass is 14.7. The standard InChI is InChI=1S/C5H15N3/c1-5(2-6,3-7)4-8/h2-4,6-8H2,1H3/p+3. The normalized spacial score (nSPS) is 12.0. The Morgan fingerprint density at radius 3 is 1.25 bits per heavy atom. The average Bonchev–Trinajstić information content (AvgIpc) is 1.87. The predicted molar refractivity (Wildman–Crippen MR) is 31.4 cm³/mol. The van der Waals surface area contributed by atoms with Crippen molar-refractivity contribution in [3.05, 3.63) is 0 Å². The van der Waals surface area contributed by atoms with Gasteiger partial charge in [-0.15, -0.1) is 0 Å². The molecule has 0 bridgehead atoms. The molecule has 0 saturated heterocycles. The fraction of sp³-hybridized carbons (Fsp3) is 1.00. The topological polar surface area (TPSA) is 82.9 Å². The van der Waals surface area contributed by atoms with Crippen LogP contribution in [-0.4, -0.2) is 19.6 Å². The van der Waals surface area contributed by atoms with Crippen molar-refractivity contribution in [1.82, 2.24) is 0 Å². The van der Waals surface area contributed by atoms with Gasteiger partial charge < -0.3 is 17.2 Å². The first-order valence-electron chi connectivity index (χ1n) is 3.06. The summed E-state index contributed by atoms with van der Waals surface area (Å²) in [7, 11) is 0. The van der Waals surface area contributed by atoms with Gasteiger partial charge in [0.15, 0.2) is 0 Å². The number of hydrogen-bond acceptors (Lipinski definition) is 0. The van der Waals surface area contributed by atoms with Gasteiger partial charge in [0.05, 0.1) is 19.6 Å². The van der Waals surface area contributed by atoms with Gasteiger partial charge in [0.1, 0.15) is 5.41 Å². The van der Waals surface area contributed by atoms with E-state index in [0.717, 1.165) is 19.6 Å². The molecule has 0 atom stereocenters. The van der Waals surface area contributed by atoms with Gasteiger partial charge in [-0.2, -0.15) is 0 Å². The van der Waals surface area contributed by atoms with Crippen LogP contribution >= 0.6 is 0 Å². The Bertz CT molecular complexity index is 50.4. The van der Waals surface area contributed by atoms with E-state index in [9.17, 15) is 0 Å². The molecule has 0 unspecified atom stereocenters. The first kappa shape index (κ1) is 7.88. The van der Waals surface area contributed by atoms with Crippen LogP contribution in [0.2, 0.25) is 0 Å². The zero-order chi connectivity index (χ0) is 6.62. The quantitative estimate of drug-likeness (QED) is 0.349. The summed E-state index contributed by atoms with van der Waals surface area (Å²) < 4.78 is 0. The first-order valence-corrected chi connectivity index (χ1v) is 3.06. The minimum atomic E-state index is 0.292. The van der Waals surface area contributed by atoms with Gasteiger partial charge >= 0.3 is 0 Å². The molecule has 3 heteroatoms. The van der Waals surface area contributed by atoms with E-state index < -0.39 is 0 Å². The molecular formula is C5H18N3+3. The van der Waals surface area contributed by atoms with Gasteiger partial charge in [0.25, 0.3) is 0 Å². The zero-order valence-corrected chi connectivity index (χ0v) is 5.74. The highest BCUT2D eigenvalue weighted by Crippen LogP contribution is 2.04. The third kappa shape index (κ3) is 1.78. The molecule has 8 heavy (non-hydrogen) atoms. The summed E-state index contributed by atoms with van der Waals surface area (Å²) in [5.41, 5.74) is 11.8. The van der Waals surface area contributed by atoms with E-state index in [-0.39, 0.29) is 0 Å². The molecule has 0 aromatic heterocycles. The highest BCUT2D eigenvalue weighted by Gasteiger charge is 2.25. The Morgan fingerprint density at radius 1 is 1.00 bits per heavy atom. The van der Waals surface area contributed by atoms with E-state index in [1.54, 1.807) is 0 Å². The second kappa shape index (κ2) is 3.02. The molecule has 9 N–H and O–H groups in total. The lowest BCUT2D eigenvalue weighted by molar-refractivity contribution is -0.481. The number of quaternary nitrogens is 3. The van der Waals surface area contributed by atoms with Crippen molar-refractivity contribution >= 4 is 0 Å². The van der Waals surface area contributed by atoms with Crippen LogP contribution < -0.4 is 17.2 Å². The minimum Gasteiger partial charge on any atom is -0.357 e. The molecule has 0 aromatic rings. The lowest BCUT2D eigenvalue weighted by Gasteiger charge is -2.15. The monoisotopic (exact) mass is 120 g/mol. The van der Waals surface area contributed by atoms with Crippen LogP contribution in [0.15, 0.2) is 0 Å². The van der Waals surface area contributed by atoms with E-state index in [0.29, 0.717) is 5.41 Å². The fourth-order valence-electron chi connectivity index (χ4n) is 0.375. The molecule has 0 aliphatic carbocycles. The van der Waals surface area contributed by atoms with Crippen LogP contribution in [0.3, 0.4) is 0 Å². The Balaban J connectivity index is 3.58. The molecule has 0 amide bonds. The van der Waals surface area contributed by atoms with E-state index in [2.05, 4.69) is 24.1 Å². The summed E-state index contributed by atoms with van der Waals surface area (Å²) in [6.45, 7) is 5.00. The molecule has 3 nitrogen and oxygen atoms in total. The van der Waals surface area contributed by atoms with Crippen molar-refractivity contribution < 1.29 is 17.2 Å². The molecule has 0 aromatic carbocycles. The summed E-state index contributed by atoms with van der Waals surface area (Å²) in [4.78, 5) is 0. The molecule has 0 fully saturated rings. The molecule has 0 heterocycles. The van der Waals surface area contributed by atoms with Gasteiger partial charge in [-0.05, 0) is 6.92 Å². The second-order valence-corrected chi connectivity index (χ2v) is 2.56. The van der Waals surface area contributed by atoms with Crippen molar-refractivity contribution in [3.63, 3.8) is 0 Å². The Morgan fingerprint density at radius 2 is 1.25 bits per heavy atom. The SMILES string of the molecule is CC(C[NH3+])(C[NH3+])C[NH3+]. The van der Waals surface area contributed by atoms with E-state index >= 15 is 0 Å². The molecule has 0 radical (unpaired) electrons. The maximum atomic E-state index is 3.82. The van der Waals surface area contributed by atoms with E-state index in [1.807, 2.05) is 0 Å². The van der Waals surface area contributed by atoms with E-state index in [1.165, 1.54) is 0 Å². The van der Waals surface area contributed by atoms with Crippen molar-refractivity contribution in [1.29, 1.82) is 0 Å².